The second kappa shape index (κ2) is 13.7. The van der Waals surface area contributed by atoms with Crippen LogP contribution in [-0.2, 0) is 44.2 Å². The maximum atomic E-state index is 10.3. The smallest absolute Gasteiger partial charge is 0 e. The molecule has 0 aliphatic heterocycles. The molecule has 1 aliphatic rings. The third-order valence-electron chi connectivity index (χ3n) is 4.03. The second-order valence-electron chi connectivity index (χ2n) is 5.04. The van der Waals surface area contributed by atoms with Crippen molar-refractivity contribution in [1.82, 2.24) is 0 Å². The summed E-state index contributed by atoms with van der Waals surface area (Å²) in [5, 5.41) is 12.6. The molecule has 3 rings (SSSR count). The minimum Gasteiger partial charge on any atom is 0 e. The van der Waals surface area contributed by atoms with Gasteiger partial charge in [-0.05, 0) is 54.7 Å². The van der Waals surface area contributed by atoms with Crippen LogP contribution in [0.15, 0.2) is 24.3 Å². The largest absolute Gasteiger partial charge is 0 e. The molecule has 0 heterocycles. The van der Waals surface area contributed by atoms with E-state index >= 15 is 0 Å². The predicted octanol–water partition coefficient (Wildman–Crippen LogP) is 4.01. The van der Waals surface area contributed by atoms with Gasteiger partial charge < -0.3 is 5.11 Å². The molecule has 0 aromatic heterocycles. The number of aryl methyl sites for hydroxylation is 1. The van der Waals surface area contributed by atoms with Crippen molar-refractivity contribution in [3.63, 3.8) is 0 Å². The number of phenolic OH excluding ortho intramolecular Hbond substituents is 1. The van der Waals surface area contributed by atoms with Crippen LogP contribution >= 0.6 is 0 Å². The molecular formula is C19H18CrO4. The van der Waals surface area contributed by atoms with Crippen molar-refractivity contribution in [3.05, 3.63) is 60.9 Å². The Bertz CT molecular complexity index is 688. The molecule has 0 bridgehead atoms. The summed E-state index contributed by atoms with van der Waals surface area (Å²) < 4.78 is 22.5. The van der Waals surface area contributed by atoms with E-state index in [0.29, 0.717) is 5.75 Å². The SMILES string of the molecule is Cc1c2c(c3ccccc3c1O)CCCCC2.[C-]#[O+].[C-]#[O+].[C-]#[O+].[Cr]. The van der Waals surface area contributed by atoms with Crippen LogP contribution in [0.25, 0.3) is 10.8 Å². The summed E-state index contributed by atoms with van der Waals surface area (Å²) in [6.45, 7) is 15.6. The standard InChI is InChI=1S/C16H18O.3CO.Cr/c1-11-12-7-3-2-4-8-13(12)14-9-5-6-10-15(14)16(11)17;3*1-2;/h5-6,9-10,17H,2-4,7-8H2,1H3;;;;. The summed E-state index contributed by atoms with van der Waals surface area (Å²) in [5.74, 6) is 0.487. The van der Waals surface area contributed by atoms with Gasteiger partial charge in [0, 0.05) is 22.7 Å². The topological polar surface area (TPSA) is 79.9 Å². The molecule has 1 N–H and O–H groups in total. The quantitative estimate of drug-likeness (QED) is 0.429. The van der Waals surface area contributed by atoms with Gasteiger partial charge >= 0.3 is 33.9 Å². The zero-order chi connectivity index (χ0) is 17.8. The monoisotopic (exact) mass is 362 g/mol. The van der Waals surface area contributed by atoms with E-state index < -0.39 is 0 Å². The van der Waals surface area contributed by atoms with Crippen molar-refractivity contribution in [3.8, 4) is 5.75 Å². The summed E-state index contributed by atoms with van der Waals surface area (Å²) >= 11 is 0. The van der Waals surface area contributed by atoms with Crippen LogP contribution in [0.4, 0.5) is 0 Å². The molecule has 4 nitrogen and oxygen atoms in total. The number of benzene rings is 2. The molecule has 1 aliphatic carbocycles. The average Bonchev–Trinajstić information content (AvgIpc) is 2.91. The molecule has 124 valence electrons. The zero-order valence-corrected chi connectivity index (χ0v) is 14.7. The Balaban J connectivity index is 0. The number of rotatable bonds is 0. The van der Waals surface area contributed by atoms with E-state index in [-0.39, 0.29) is 17.4 Å². The van der Waals surface area contributed by atoms with E-state index in [0.717, 1.165) is 23.8 Å². The van der Waals surface area contributed by atoms with E-state index in [1.54, 1.807) is 0 Å². The Labute approximate surface area is 153 Å². The Morgan fingerprint density at radius 3 is 1.79 bits per heavy atom. The van der Waals surface area contributed by atoms with Crippen LogP contribution in [0.1, 0.15) is 36.0 Å². The Morgan fingerprint density at radius 1 is 0.792 bits per heavy atom. The molecule has 0 unspecified atom stereocenters. The Morgan fingerprint density at radius 2 is 1.25 bits per heavy atom. The van der Waals surface area contributed by atoms with Crippen LogP contribution in [0.3, 0.4) is 0 Å². The van der Waals surface area contributed by atoms with E-state index in [1.807, 2.05) is 12.1 Å². The molecule has 0 spiro atoms. The summed E-state index contributed by atoms with van der Waals surface area (Å²) in [4.78, 5) is 0. The molecule has 0 radical (unpaired) electrons. The van der Waals surface area contributed by atoms with E-state index in [9.17, 15) is 5.11 Å². The molecule has 5 heteroatoms. The number of hydrogen-bond donors (Lipinski definition) is 1. The van der Waals surface area contributed by atoms with Crippen molar-refractivity contribution in [1.29, 1.82) is 0 Å². The van der Waals surface area contributed by atoms with Gasteiger partial charge in [-0.15, -0.1) is 0 Å². The van der Waals surface area contributed by atoms with Gasteiger partial charge in [0.2, 0.25) is 0 Å². The van der Waals surface area contributed by atoms with Gasteiger partial charge in [-0.2, -0.15) is 0 Å². The molecule has 2 aromatic carbocycles. The summed E-state index contributed by atoms with van der Waals surface area (Å²) in [5.41, 5.74) is 3.98. The first-order chi connectivity index (χ1) is 11.3. The molecule has 0 fully saturated rings. The molecule has 24 heavy (non-hydrogen) atoms. The normalized spacial score (nSPS) is 11.3. The van der Waals surface area contributed by atoms with Crippen molar-refractivity contribution >= 4 is 10.8 Å². The van der Waals surface area contributed by atoms with Gasteiger partial charge in [-0.1, -0.05) is 30.7 Å². The minimum absolute atomic E-state index is 0. The summed E-state index contributed by atoms with van der Waals surface area (Å²) in [6, 6.07) is 8.26. The molecule has 0 saturated carbocycles. The Kier molecular flexibility index (Phi) is 14.0. The fraction of sp³-hybridized carbons (Fsp3) is 0.316. The average molecular weight is 362 g/mol. The van der Waals surface area contributed by atoms with E-state index in [1.165, 1.54) is 35.8 Å². The maximum absolute atomic E-state index is 10.3. The van der Waals surface area contributed by atoms with Gasteiger partial charge in [0.1, 0.15) is 5.75 Å². The van der Waals surface area contributed by atoms with Crippen molar-refractivity contribution < 1.29 is 36.4 Å². The second-order valence-corrected chi connectivity index (χ2v) is 5.04. The number of aromatic hydroxyl groups is 1. The van der Waals surface area contributed by atoms with Crippen molar-refractivity contribution in [2.24, 2.45) is 0 Å². The minimum atomic E-state index is 0. The van der Waals surface area contributed by atoms with Crippen LogP contribution in [-0.4, -0.2) is 5.11 Å². The number of fused-ring (bicyclic) bond motifs is 3. The fourth-order valence-electron chi connectivity index (χ4n) is 3.09. The van der Waals surface area contributed by atoms with Crippen LogP contribution in [0.2, 0.25) is 0 Å². The first-order valence-electron chi connectivity index (χ1n) is 7.12. The van der Waals surface area contributed by atoms with Gasteiger partial charge in [0.05, 0.1) is 0 Å². The molecule has 0 amide bonds. The van der Waals surface area contributed by atoms with Crippen LogP contribution in [0.5, 0.6) is 5.75 Å². The third-order valence-corrected chi connectivity index (χ3v) is 4.03. The van der Waals surface area contributed by atoms with Crippen LogP contribution < -0.4 is 0 Å². The van der Waals surface area contributed by atoms with Gasteiger partial charge in [-0.3, -0.25) is 0 Å². The molecular weight excluding hydrogens is 344 g/mol. The summed E-state index contributed by atoms with van der Waals surface area (Å²) in [6.07, 6.45) is 6.13. The van der Waals surface area contributed by atoms with E-state index in [4.69, 9.17) is 14.0 Å². The predicted molar refractivity (Wildman–Crippen MR) is 83.4 cm³/mol. The Hall–Kier alpha value is -1.75. The van der Waals surface area contributed by atoms with Gasteiger partial charge in [0.15, 0.2) is 0 Å². The van der Waals surface area contributed by atoms with E-state index in [2.05, 4.69) is 39.0 Å². The molecule has 0 atom stereocenters. The first-order valence-corrected chi connectivity index (χ1v) is 7.12. The molecule has 0 saturated heterocycles. The maximum Gasteiger partial charge on any atom is 0 e. The third kappa shape index (κ3) is 5.41. The fourth-order valence-corrected chi connectivity index (χ4v) is 3.09. The first kappa shape index (κ1) is 24.5. The number of hydrogen-bond acceptors (Lipinski definition) is 1. The van der Waals surface area contributed by atoms with Gasteiger partial charge in [0.25, 0.3) is 0 Å². The van der Waals surface area contributed by atoms with Crippen molar-refractivity contribution in [2.45, 2.75) is 39.0 Å². The van der Waals surface area contributed by atoms with Gasteiger partial charge in [-0.25, -0.2) is 0 Å². The van der Waals surface area contributed by atoms with Crippen molar-refractivity contribution in [2.75, 3.05) is 0 Å². The zero-order valence-electron chi connectivity index (χ0n) is 13.4. The summed E-state index contributed by atoms with van der Waals surface area (Å²) in [7, 11) is 0. The van der Waals surface area contributed by atoms with Crippen LogP contribution in [0, 0.1) is 26.9 Å². The molecule has 2 aromatic rings. The number of phenols is 1.